The number of thiophene rings is 1. The van der Waals surface area contributed by atoms with Crippen molar-refractivity contribution in [2.45, 2.75) is 71.6 Å². The summed E-state index contributed by atoms with van der Waals surface area (Å²) in [5.74, 6) is 0. The van der Waals surface area contributed by atoms with Gasteiger partial charge in [-0.3, -0.25) is 0 Å². The lowest BCUT2D eigenvalue weighted by Gasteiger charge is -2.40. The fourth-order valence-corrected chi connectivity index (χ4v) is 11.3. The van der Waals surface area contributed by atoms with Gasteiger partial charge in [-0.05, 0) is 92.2 Å². The Hall–Kier alpha value is -5.44. The first-order valence-electron chi connectivity index (χ1n) is 19.7. The Kier molecular flexibility index (Phi) is 7.30. The van der Waals surface area contributed by atoms with Gasteiger partial charge in [0.1, 0.15) is 0 Å². The van der Waals surface area contributed by atoms with Gasteiger partial charge in [0.15, 0.2) is 0 Å². The molecule has 0 amide bonds. The summed E-state index contributed by atoms with van der Waals surface area (Å²) in [4.78, 5) is 2.67. The summed E-state index contributed by atoms with van der Waals surface area (Å²) < 4.78 is 2.63. The number of para-hydroxylation sites is 1. The van der Waals surface area contributed by atoms with Crippen molar-refractivity contribution in [3.8, 4) is 33.4 Å². The highest BCUT2D eigenvalue weighted by atomic mass is 32.1. The van der Waals surface area contributed by atoms with Crippen LogP contribution in [-0.2, 0) is 16.2 Å². The summed E-state index contributed by atoms with van der Waals surface area (Å²) in [6.07, 6.45) is 0. The van der Waals surface area contributed by atoms with Crippen LogP contribution in [0.1, 0.15) is 81.8 Å². The first kappa shape index (κ1) is 34.1. The number of anilines is 3. The summed E-state index contributed by atoms with van der Waals surface area (Å²) in [6.45, 7) is 19.3. The van der Waals surface area contributed by atoms with Crippen molar-refractivity contribution in [3.05, 3.63) is 173 Å². The molecule has 0 aliphatic heterocycles. The number of aryl methyl sites for hydroxylation is 1. The van der Waals surface area contributed by atoms with Gasteiger partial charge in [0, 0.05) is 42.3 Å². The smallest absolute Gasteiger partial charge is 0.0556 e. The van der Waals surface area contributed by atoms with Crippen LogP contribution in [0.4, 0.5) is 17.1 Å². The van der Waals surface area contributed by atoms with Gasteiger partial charge < -0.3 is 4.90 Å². The van der Waals surface area contributed by atoms with Gasteiger partial charge in [-0.15, -0.1) is 11.3 Å². The Balaban J connectivity index is 1.42. The summed E-state index contributed by atoms with van der Waals surface area (Å²) in [7, 11) is 0. The van der Waals surface area contributed by atoms with E-state index in [-0.39, 0.29) is 16.2 Å². The topological polar surface area (TPSA) is 3.24 Å². The monoisotopic (exact) mass is 729 g/mol. The van der Waals surface area contributed by atoms with E-state index in [0.717, 1.165) is 0 Å². The molecule has 0 bridgehead atoms. The van der Waals surface area contributed by atoms with E-state index in [0.29, 0.717) is 0 Å². The van der Waals surface area contributed by atoms with Crippen molar-refractivity contribution in [3.63, 3.8) is 0 Å². The van der Waals surface area contributed by atoms with Gasteiger partial charge in [-0.2, -0.15) is 0 Å². The molecule has 270 valence electrons. The van der Waals surface area contributed by atoms with Gasteiger partial charge in [0.2, 0.25) is 0 Å². The van der Waals surface area contributed by atoms with Crippen molar-refractivity contribution in [2.24, 2.45) is 0 Å². The minimum Gasteiger partial charge on any atom is -0.309 e. The molecule has 10 rings (SSSR count). The number of hydrogen-bond acceptors (Lipinski definition) is 2. The van der Waals surface area contributed by atoms with Gasteiger partial charge in [-0.25, -0.2) is 0 Å². The van der Waals surface area contributed by atoms with Crippen LogP contribution in [-0.4, -0.2) is 0 Å². The lowest BCUT2D eigenvalue weighted by atomic mass is 9.70. The van der Waals surface area contributed by atoms with Crippen LogP contribution in [0.25, 0.3) is 53.6 Å². The van der Waals surface area contributed by atoms with Crippen LogP contribution >= 0.6 is 11.3 Å². The van der Waals surface area contributed by atoms with E-state index in [1.807, 2.05) is 11.3 Å². The van der Waals surface area contributed by atoms with Gasteiger partial charge in [0.05, 0.1) is 11.4 Å². The summed E-state index contributed by atoms with van der Waals surface area (Å²) >= 11 is 1.90. The number of benzene rings is 7. The van der Waals surface area contributed by atoms with E-state index in [1.165, 1.54) is 104 Å². The molecule has 1 aromatic heterocycles. The molecule has 55 heavy (non-hydrogen) atoms. The zero-order chi connectivity index (χ0) is 38.0. The zero-order valence-corrected chi connectivity index (χ0v) is 34.0. The van der Waals surface area contributed by atoms with Crippen LogP contribution in [0.5, 0.6) is 0 Å². The van der Waals surface area contributed by atoms with Crippen molar-refractivity contribution < 1.29 is 0 Å². The van der Waals surface area contributed by atoms with E-state index in [4.69, 9.17) is 0 Å². The number of fused-ring (bicyclic) bond motifs is 9. The molecule has 0 unspecified atom stereocenters. The standard InChI is InChI=1S/C53H47NS/c1-32-18-17-19-33(30-32)35-20-11-15-26-42(35)54(34-28-29-37-36-21-12-16-27-43(36)55-44(37)31-34)50-48-45(38-22-9-13-24-40(38)52(48,5)6)47(51(2,3)4)46-39-23-10-14-25-41(39)53(7,8)49(46)50/h9-31H,1-8H3. The van der Waals surface area contributed by atoms with E-state index < -0.39 is 0 Å². The molecule has 1 nitrogen and oxygen atoms in total. The number of hydrogen-bond donors (Lipinski definition) is 0. The van der Waals surface area contributed by atoms with Crippen molar-refractivity contribution in [2.75, 3.05) is 4.90 Å². The van der Waals surface area contributed by atoms with Crippen LogP contribution in [0.3, 0.4) is 0 Å². The third-order valence-electron chi connectivity index (χ3n) is 12.5. The predicted molar refractivity (Wildman–Crippen MR) is 238 cm³/mol. The second-order valence-electron chi connectivity index (χ2n) is 17.8. The Morgan fingerprint density at radius 1 is 0.527 bits per heavy atom. The second kappa shape index (κ2) is 11.8. The lowest BCUT2D eigenvalue weighted by Crippen LogP contribution is -2.28. The molecule has 0 radical (unpaired) electrons. The average Bonchev–Trinajstić information content (AvgIpc) is 3.74. The molecular formula is C53H47NS. The molecule has 0 atom stereocenters. The van der Waals surface area contributed by atoms with Crippen LogP contribution in [0.2, 0.25) is 0 Å². The molecule has 0 saturated heterocycles. The summed E-state index contributed by atoms with van der Waals surface area (Å²) in [5.41, 5.74) is 19.4. The number of rotatable bonds is 4. The molecule has 0 N–H and O–H groups in total. The average molecular weight is 730 g/mol. The molecule has 0 fully saturated rings. The molecule has 1 heterocycles. The highest BCUT2D eigenvalue weighted by Crippen LogP contribution is 2.66. The normalized spacial score (nSPS) is 14.8. The van der Waals surface area contributed by atoms with Crippen molar-refractivity contribution >= 4 is 48.6 Å². The second-order valence-corrected chi connectivity index (χ2v) is 18.9. The largest absolute Gasteiger partial charge is 0.309 e. The molecule has 0 spiro atoms. The SMILES string of the molecule is Cc1cccc(-c2ccccc2N(c2ccc3c(c2)sc2ccccc23)c2c3c(c(C(C)(C)C)c4c2C(C)(C)c2ccccc2-4)-c2ccccc2C3(C)C)c1. The fourth-order valence-electron chi connectivity index (χ4n) is 10.2. The van der Waals surface area contributed by atoms with E-state index in [9.17, 15) is 0 Å². The Bertz CT molecular complexity index is 2790. The maximum atomic E-state index is 2.67. The van der Waals surface area contributed by atoms with Crippen LogP contribution < -0.4 is 4.90 Å². The molecule has 0 saturated carbocycles. The van der Waals surface area contributed by atoms with E-state index >= 15 is 0 Å². The highest BCUT2D eigenvalue weighted by molar-refractivity contribution is 7.25. The van der Waals surface area contributed by atoms with Crippen molar-refractivity contribution in [1.82, 2.24) is 0 Å². The Morgan fingerprint density at radius 3 is 1.73 bits per heavy atom. The maximum absolute atomic E-state index is 2.67. The fraction of sp³-hybridized carbons (Fsp3) is 0.208. The molecular weight excluding hydrogens is 683 g/mol. The molecule has 7 aromatic carbocycles. The van der Waals surface area contributed by atoms with Crippen LogP contribution in [0, 0.1) is 6.92 Å². The Morgan fingerprint density at radius 2 is 1.09 bits per heavy atom. The maximum Gasteiger partial charge on any atom is 0.0556 e. The molecule has 2 aliphatic rings. The first-order valence-corrected chi connectivity index (χ1v) is 20.5. The van der Waals surface area contributed by atoms with Gasteiger partial charge >= 0.3 is 0 Å². The Labute approximate surface area is 329 Å². The first-order chi connectivity index (χ1) is 26.4. The van der Waals surface area contributed by atoms with Crippen LogP contribution in [0.15, 0.2) is 140 Å². The number of nitrogens with zero attached hydrogens (tertiary/aromatic N) is 1. The third-order valence-corrected chi connectivity index (χ3v) is 13.7. The molecule has 2 heteroatoms. The predicted octanol–water partition coefficient (Wildman–Crippen LogP) is 15.4. The van der Waals surface area contributed by atoms with Gasteiger partial charge in [0.25, 0.3) is 0 Å². The molecule has 2 aliphatic carbocycles. The lowest BCUT2D eigenvalue weighted by molar-refractivity contribution is 0.587. The summed E-state index contributed by atoms with van der Waals surface area (Å²) in [6, 6.07) is 52.6. The van der Waals surface area contributed by atoms with Crippen molar-refractivity contribution in [1.29, 1.82) is 0 Å². The molecule has 8 aromatic rings. The highest BCUT2D eigenvalue weighted by Gasteiger charge is 2.50. The third kappa shape index (κ3) is 4.83. The van der Waals surface area contributed by atoms with Gasteiger partial charge in [-0.1, -0.05) is 169 Å². The minimum atomic E-state index is -0.264. The quantitative estimate of drug-likeness (QED) is 0.174. The minimum absolute atomic E-state index is 0.117. The van der Waals surface area contributed by atoms with E-state index in [2.05, 4.69) is 200 Å². The zero-order valence-electron chi connectivity index (χ0n) is 33.1. The van der Waals surface area contributed by atoms with E-state index in [1.54, 1.807) is 0 Å². The summed E-state index contributed by atoms with van der Waals surface area (Å²) in [5, 5.41) is 2.64.